The van der Waals surface area contributed by atoms with Gasteiger partial charge in [-0.2, -0.15) is 0 Å². The second-order valence-corrected chi connectivity index (χ2v) is 4.48. The molecule has 18 heavy (non-hydrogen) atoms. The lowest BCUT2D eigenvalue weighted by atomic mass is 10.1. The van der Waals surface area contributed by atoms with Crippen LogP contribution in [0.25, 0.3) is 0 Å². The average Bonchev–Trinajstić information content (AvgIpc) is 2.83. The van der Waals surface area contributed by atoms with Gasteiger partial charge < -0.3 is 9.52 Å². The minimum absolute atomic E-state index is 0.0635. The summed E-state index contributed by atoms with van der Waals surface area (Å²) in [5.41, 5.74) is 1.08. The molecule has 3 nitrogen and oxygen atoms in total. The zero-order valence-electron chi connectivity index (χ0n) is 10.8. The average molecular weight is 245 g/mol. The molecule has 1 unspecified atom stereocenters. The Bertz CT molecular complexity index is 478. The van der Waals surface area contributed by atoms with Crippen LogP contribution in [0.1, 0.15) is 36.1 Å². The molecular weight excluding hydrogens is 226 g/mol. The standard InChI is InChI=1S/C15H19NO2/c1-11-8-9-15(18-11)12(2)16-14(10-17)13-6-4-3-5-7-13/h3-9,12,14,16-17H,10H2,1-2H3/t12?,14-/m0/s1. The Hall–Kier alpha value is -1.58. The molecule has 0 radical (unpaired) electrons. The van der Waals surface area contributed by atoms with Gasteiger partial charge in [-0.1, -0.05) is 30.3 Å². The molecule has 0 aliphatic rings. The first-order chi connectivity index (χ1) is 8.70. The smallest absolute Gasteiger partial charge is 0.120 e. The molecule has 2 aromatic rings. The molecule has 1 heterocycles. The van der Waals surface area contributed by atoms with E-state index in [4.69, 9.17) is 4.42 Å². The van der Waals surface area contributed by atoms with Gasteiger partial charge >= 0.3 is 0 Å². The maximum atomic E-state index is 9.49. The number of aryl methyl sites for hydroxylation is 1. The number of benzene rings is 1. The third kappa shape index (κ3) is 3.00. The molecule has 2 N–H and O–H groups in total. The monoisotopic (exact) mass is 245 g/mol. The fourth-order valence-corrected chi connectivity index (χ4v) is 2.01. The molecule has 0 amide bonds. The van der Waals surface area contributed by atoms with Crippen molar-refractivity contribution in [2.75, 3.05) is 6.61 Å². The van der Waals surface area contributed by atoms with E-state index in [0.717, 1.165) is 17.1 Å². The number of aliphatic hydroxyl groups is 1. The fourth-order valence-electron chi connectivity index (χ4n) is 2.01. The van der Waals surface area contributed by atoms with Gasteiger partial charge in [0.2, 0.25) is 0 Å². The minimum Gasteiger partial charge on any atom is -0.465 e. The van der Waals surface area contributed by atoms with Crippen molar-refractivity contribution in [2.24, 2.45) is 0 Å². The molecule has 0 saturated heterocycles. The quantitative estimate of drug-likeness (QED) is 0.851. The summed E-state index contributed by atoms with van der Waals surface area (Å²) in [6.45, 7) is 4.02. The highest BCUT2D eigenvalue weighted by molar-refractivity contribution is 5.20. The van der Waals surface area contributed by atoms with E-state index in [0.29, 0.717) is 0 Å². The van der Waals surface area contributed by atoms with Crippen LogP contribution in [0.2, 0.25) is 0 Å². The Balaban J connectivity index is 2.07. The summed E-state index contributed by atoms with van der Waals surface area (Å²) in [6.07, 6.45) is 0. The summed E-state index contributed by atoms with van der Waals surface area (Å²) >= 11 is 0. The van der Waals surface area contributed by atoms with Crippen LogP contribution in [0, 0.1) is 6.92 Å². The van der Waals surface area contributed by atoms with Crippen molar-refractivity contribution in [1.29, 1.82) is 0 Å². The molecule has 2 atom stereocenters. The van der Waals surface area contributed by atoms with Gasteiger partial charge in [0.1, 0.15) is 11.5 Å². The molecule has 1 aromatic heterocycles. The Morgan fingerprint density at radius 1 is 1.17 bits per heavy atom. The topological polar surface area (TPSA) is 45.4 Å². The second-order valence-electron chi connectivity index (χ2n) is 4.48. The van der Waals surface area contributed by atoms with Gasteiger partial charge in [-0.3, -0.25) is 5.32 Å². The molecule has 1 aromatic carbocycles. The van der Waals surface area contributed by atoms with Crippen LogP contribution in [-0.2, 0) is 0 Å². The summed E-state index contributed by atoms with van der Waals surface area (Å²) in [4.78, 5) is 0. The van der Waals surface area contributed by atoms with E-state index in [1.165, 1.54) is 0 Å². The van der Waals surface area contributed by atoms with Gasteiger partial charge in [-0.15, -0.1) is 0 Å². The Kier molecular flexibility index (Phi) is 4.18. The summed E-state index contributed by atoms with van der Waals surface area (Å²) < 4.78 is 5.58. The maximum Gasteiger partial charge on any atom is 0.120 e. The van der Waals surface area contributed by atoms with Crippen molar-refractivity contribution in [2.45, 2.75) is 25.9 Å². The maximum absolute atomic E-state index is 9.49. The second kappa shape index (κ2) is 5.85. The third-order valence-corrected chi connectivity index (χ3v) is 3.02. The Morgan fingerprint density at radius 2 is 1.89 bits per heavy atom. The largest absolute Gasteiger partial charge is 0.465 e. The molecule has 3 heteroatoms. The van der Waals surface area contributed by atoms with Crippen LogP contribution in [0.5, 0.6) is 0 Å². The summed E-state index contributed by atoms with van der Waals surface area (Å²) in [5, 5.41) is 12.9. The fraction of sp³-hybridized carbons (Fsp3) is 0.333. The van der Waals surface area contributed by atoms with Gasteiger partial charge in [-0.05, 0) is 31.5 Å². The first-order valence-corrected chi connectivity index (χ1v) is 6.19. The molecule has 96 valence electrons. The molecule has 0 aliphatic heterocycles. The van der Waals surface area contributed by atoms with Gasteiger partial charge in [0.05, 0.1) is 18.7 Å². The van der Waals surface area contributed by atoms with E-state index in [9.17, 15) is 5.11 Å². The molecule has 0 spiro atoms. The van der Waals surface area contributed by atoms with Gasteiger partial charge in [0, 0.05) is 0 Å². The van der Waals surface area contributed by atoms with Crippen molar-refractivity contribution in [1.82, 2.24) is 5.32 Å². The summed E-state index contributed by atoms with van der Waals surface area (Å²) in [7, 11) is 0. The van der Waals surface area contributed by atoms with E-state index in [1.54, 1.807) is 0 Å². The lowest BCUT2D eigenvalue weighted by Gasteiger charge is -2.20. The van der Waals surface area contributed by atoms with Crippen LogP contribution in [0.3, 0.4) is 0 Å². The highest BCUT2D eigenvalue weighted by Crippen LogP contribution is 2.20. The lowest BCUT2D eigenvalue weighted by Crippen LogP contribution is -2.27. The number of hydrogen-bond donors (Lipinski definition) is 2. The zero-order valence-corrected chi connectivity index (χ0v) is 10.8. The van der Waals surface area contributed by atoms with Crippen molar-refractivity contribution < 1.29 is 9.52 Å². The van der Waals surface area contributed by atoms with Crippen LogP contribution in [-0.4, -0.2) is 11.7 Å². The molecule has 0 fully saturated rings. The van der Waals surface area contributed by atoms with Crippen LogP contribution < -0.4 is 5.32 Å². The van der Waals surface area contributed by atoms with E-state index >= 15 is 0 Å². The van der Waals surface area contributed by atoms with Crippen molar-refractivity contribution >= 4 is 0 Å². The number of nitrogens with one attached hydrogen (secondary N) is 1. The first kappa shape index (κ1) is 12.9. The first-order valence-electron chi connectivity index (χ1n) is 6.19. The SMILES string of the molecule is Cc1ccc(C(C)N[C@@H](CO)c2ccccc2)o1. The predicted octanol–water partition coefficient (Wildman–Crippen LogP) is 2.97. The van der Waals surface area contributed by atoms with Gasteiger partial charge in [0.25, 0.3) is 0 Å². The number of aliphatic hydroxyl groups excluding tert-OH is 1. The molecule has 2 rings (SSSR count). The van der Waals surface area contributed by atoms with Gasteiger partial charge in [0.15, 0.2) is 0 Å². The van der Waals surface area contributed by atoms with E-state index in [-0.39, 0.29) is 18.7 Å². The molecule has 0 aliphatic carbocycles. The van der Waals surface area contributed by atoms with Crippen molar-refractivity contribution in [3.63, 3.8) is 0 Å². The summed E-state index contributed by atoms with van der Waals surface area (Å²) in [6, 6.07) is 13.8. The predicted molar refractivity (Wildman–Crippen MR) is 71.3 cm³/mol. The Labute approximate surface area is 107 Å². The number of furan rings is 1. The van der Waals surface area contributed by atoms with Crippen molar-refractivity contribution in [3.05, 3.63) is 59.5 Å². The van der Waals surface area contributed by atoms with Crippen molar-refractivity contribution in [3.8, 4) is 0 Å². The number of hydrogen-bond acceptors (Lipinski definition) is 3. The summed E-state index contributed by atoms with van der Waals surface area (Å²) in [5.74, 6) is 1.79. The Morgan fingerprint density at radius 3 is 2.44 bits per heavy atom. The van der Waals surface area contributed by atoms with Crippen LogP contribution in [0.15, 0.2) is 46.9 Å². The highest BCUT2D eigenvalue weighted by atomic mass is 16.3. The molecule has 0 saturated carbocycles. The van der Waals surface area contributed by atoms with E-state index < -0.39 is 0 Å². The van der Waals surface area contributed by atoms with E-state index in [2.05, 4.69) is 5.32 Å². The lowest BCUT2D eigenvalue weighted by molar-refractivity contribution is 0.230. The third-order valence-electron chi connectivity index (χ3n) is 3.02. The molecule has 0 bridgehead atoms. The molecular formula is C15H19NO2. The highest BCUT2D eigenvalue weighted by Gasteiger charge is 2.16. The van der Waals surface area contributed by atoms with Crippen LogP contribution in [0.4, 0.5) is 0 Å². The zero-order chi connectivity index (χ0) is 13.0. The van der Waals surface area contributed by atoms with Crippen LogP contribution >= 0.6 is 0 Å². The van der Waals surface area contributed by atoms with E-state index in [1.807, 2.05) is 56.3 Å². The number of rotatable bonds is 5. The normalized spacial score (nSPS) is 14.4. The van der Waals surface area contributed by atoms with Gasteiger partial charge in [-0.25, -0.2) is 0 Å². The minimum atomic E-state index is -0.0772.